The summed E-state index contributed by atoms with van der Waals surface area (Å²) in [7, 11) is 0. The topological polar surface area (TPSA) is 100 Å². The minimum Gasteiger partial charge on any atom is -0.378 e. The van der Waals surface area contributed by atoms with E-state index >= 15 is 0 Å². The lowest BCUT2D eigenvalue weighted by Gasteiger charge is -2.25. The van der Waals surface area contributed by atoms with Gasteiger partial charge in [-0.3, -0.25) is 14.9 Å². The fraction of sp³-hybridized carbons (Fsp3) is 0.500. The summed E-state index contributed by atoms with van der Waals surface area (Å²) in [6.45, 7) is 1.79. The molecule has 1 saturated heterocycles. The van der Waals surface area contributed by atoms with Gasteiger partial charge in [-0.1, -0.05) is 0 Å². The number of hydrogen-bond acceptors (Lipinski definition) is 5. The molecule has 0 bridgehead atoms. The number of nitrogens with one attached hydrogen (secondary N) is 2. The standard InChI is InChI=1S/C8H11N5O3/c14-6(11-8-9-5-10-12-8)7(15)13-1-3-16-4-2-13/h5H,1-4H2,(H2,9,10,11,12,14). The minimum absolute atomic E-state index is 0.159. The van der Waals surface area contributed by atoms with Crippen molar-refractivity contribution in [3.63, 3.8) is 0 Å². The van der Waals surface area contributed by atoms with Crippen LogP contribution in [0.15, 0.2) is 6.33 Å². The van der Waals surface area contributed by atoms with E-state index in [1.54, 1.807) is 0 Å². The van der Waals surface area contributed by atoms with E-state index in [1.165, 1.54) is 11.2 Å². The minimum atomic E-state index is -0.723. The van der Waals surface area contributed by atoms with Crippen molar-refractivity contribution < 1.29 is 14.3 Å². The molecule has 1 aromatic rings. The van der Waals surface area contributed by atoms with Gasteiger partial charge in [0.15, 0.2) is 0 Å². The highest BCUT2D eigenvalue weighted by molar-refractivity contribution is 6.39. The van der Waals surface area contributed by atoms with Gasteiger partial charge in [0, 0.05) is 13.1 Å². The van der Waals surface area contributed by atoms with Crippen molar-refractivity contribution in [3.05, 3.63) is 6.33 Å². The lowest BCUT2D eigenvalue weighted by Crippen LogP contribution is -2.45. The van der Waals surface area contributed by atoms with E-state index in [2.05, 4.69) is 20.5 Å². The lowest BCUT2D eigenvalue weighted by molar-refractivity contribution is -0.145. The van der Waals surface area contributed by atoms with Crippen LogP contribution in [-0.4, -0.2) is 58.2 Å². The zero-order valence-corrected chi connectivity index (χ0v) is 8.47. The van der Waals surface area contributed by atoms with Gasteiger partial charge in [-0.15, -0.1) is 0 Å². The molecule has 0 spiro atoms. The SMILES string of the molecule is O=C(Nc1ncn[nH]1)C(=O)N1CCOCC1. The molecule has 1 aromatic heterocycles. The van der Waals surface area contributed by atoms with Crippen molar-refractivity contribution in [2.24, 2.45) is 0 Å². The predicted molar refractivity (Wildman–Crippen MR) is 52.4 cm³/mol. The number of amides is 2. The molecule has 0 atom stereocenters. The average molecular weight is 225 g/mol. The number of nitrogens with zero attached hydrogens (tertiary/aromatic N) is 3. The van der Waals surface area contributed by atoms with Gasteiger partial charge in [-0.05, 0) is 0 Å². The number of hydrogen-bond donors (Lipinski definition) is 2. The molecule has 2 amide bonds. The summed E-state index contributed by atoms with van der Waals surface area (Å²) in [6, 6.07) is 0. The molecule has 1 fully saturated rings. The molecule has 8 nitrogen and oxygen atoms in total. The summed E-state index contributed by atoms with van der Waals surface area (Å²) in [5, 5.41) is 8.31. The summed E-state index contributed by atoms with van der Waals surface area (Å²) in [6.07, 6.45) is 1.24. The van der Waals surface area contributed by atoms with Gasteiger partial charge in [0.25, 0.3) is 0 Å². The Morgan fingerprint density at radius 1 is 1.44 bits per heavy atom. The monoisotopic (exact) mass is 225 g/mol. The van der Waals surface area contributed by atoms with Crippen LogP contribution < -0.4 is 5.32 Å². The molecular weight excluding hydrogens is 214 g/mol. The van der Waals surface area contributed by atoms with Gasteiger partial charge >= 0.3 is 11.8 Å². The second-order valence-electron chi connectivity index (χ2n) is 3.19. The van der Waals surface area contributed by atoms with E-state index in [-0.39, 0.29) is 5.95 Å². The Labute approximate surface area is 91.0 Å². The molecule has 0 radical (unpaired) electrons. The molecule has 0 unspecified atom stereocenters. The quantitative estimate of drug-likeness (QED) is 0.573. The Kier molecular flexibility index (Phi) is 3.10. The first-order chi connectivity index (χ1) is 7.77. The molecular formula is C8H11N5O3. The van der Waals surface area contributed by atoms with Crippen molar-refractivity contribution in [3.8, 4) is 0 Å². The van der Waals surface area contributed by atoms with E-state index < -0.39 is 11.8 Å². The number of carbonyl (C=O) groups is 2. The van der Waals surface area contributed by atoms with Gasteiger partial charge in [0.1, 0.15) is 6.33 Å². The molecule has 2 rings (SSSR count). The third kappa shape index (κ3) is 2.34. The zero-order chi connectivity index (χ0) is 11.4. The first kappa shape index (κ1) is 10.6. The Bertz CT molecular complexity index is 371. The van der Waals surface area contributed by atoms with E-state index in [9.17, 15) is 9.59 Å². The summed E-state index contributed by atoms with van der Waals surface area (Å²) < 4.78 is 5.08. The van der Waals surface area contributed by atoms with Crippen molar-refractivity contribution in [1.29, 1.82) is 0 Å². The van der Waals surface area contributed by atoms with E-state index in [0.29, 0.717) is 26.3 Å². The van der Waals surface area contributed by atoms with Crippen molar-refractivity contribution in [2.45, 2.75) is 0 Å². The number of aromatic nitrogens is 3. The van der Waals surface area contributed by atoms with Gasteiger partial charge in [0.2, 0.25) is 5.95 Å². The Hall–Kier alpha value is -1.96. The van der Waals surface area contributed by atoms with Crippen molar-refractivity contribution >= 4 is 17.8 Å². The highest BCUT2D eigenvalue weighted by Crippen LogP contribution is 2.00. The average Bonchev–Trinajstić information content (AvgIpc) is 2.82. The van der Waals surface area contributed by atoms with Crippen LogP contribution in [0.2, 0.25) is 0 Å². The number of rotatable bonds is 1. The molecule has 1 aliphatic rings. The largest absolute Gasteiger partial charge is 0.378 e. The fourth-order valence-electron chi connectivity index (χ4n) is 1.34. The van der Waals surface area contributed by atoms with Crippen LogP contribution in [0.4, 0.5) is 5.95 Å². The first-order valence-electron chi connectivity index (χ1n) is 4.81. The van der Waals surface area contributed by atoms with Crippen LogP contribution in [0.25, 0.3) is 0 Å². The van der Waals surface area contributed by atoms with E-state index in [1.807, 2.05) is 0 Å². The smallest absolute Gasteiger partial charge is 0.316 e. The predicted octanol–water partition coefficient (Wildman–Crippen LogP) is -1.40. The van der Waals surface area contributed by atoms with E-state index in [4.69, 9.17) is 4.74 Å². The van der Waals surface area contributed by atoms with Gasteiger partial charge in [0.05, 0.1) is 13.2 Å². The fourth-order valence-corrected chi connectivity index (χ4v) is 1.34. The Balaban J connectivity index is 1.91. The number of H-pyrrole nitrogens is 1. The second kappa shape index (κ2) is 4.71. The maximum atomic E-state index is 11.6. The molecule has 0 aromatic carbocycles. The third-order valence-electron chi connectivity index (χ3n) is 2.14. The van der Waals surface area contributed by atoms with Crippen LogP contribution >= 0.6 is 0 Å². The molecule has 86 valence electrons. The normalized spacial score (nSPS) is 15.9. The number of anilines is 1. The van der Waals surface area contributed by atoms with Crippen molar-refractivity contribution in [1.82, 2.24) is 20.1 Å². The molecule has 0 aliphatic carbocycles. The summed E-state index contributed by atoms with van der Waals surface area (Å²) in [4.78, 5) is 28.2. The van der Waals surface area contributed by atoms with Gasteiger partial charge in [-0.2, -0.15) is 10.1 Å². The first-order valence-corrected chi connectivity index (χ1v) is 4.81. The van der Waals surface area contributed by atoms with Crippen LogP contribution in [0.5, 0.6) is 0 Å². The molecule has 8 heteroatoms. The molecule has 2 heterocycles. The van der Waals surface area contributed by atoms with Crippen LogP contribution in [0, 0.1) is 0 Å². The summed E-state index contributed by atoms with van der Waals surface area (Å²) in [5.74, 6) is -1.15. The molecule has 16 heavy (non-hydrogen) atoms. The van der Waals surface area contributed by atoms with Gasteiger partial charge < -0.3 is 9.64 Å². The Morgan fingerprint density at radius 3 is 2.81 bits per heavy atom. The summed E-state index contributed by atoms with van der Waals surface area (Å²) in [5.41, 5.74) is 0. The lowest BCUT2D eigenvalue weighted by atomic mass is 10.4. The number of carbonyl (C=O) groups excluding carboxylic acids is 2. The Morgan fingerprint density at radius 2 is 2.19 bits per heavy atom. The molecule has 1 aliphatic heterocycles. The number of aromatic amines is 1. The van der Waals surface area contributed by atoms with Crippen LogP contribution in [-0.2, 0) is 14.3 Å². The molecule has 0 saturated carbocycles. The third-order valence-corrected chi connectivity index (χ3v) is 2.14. The number of ether oxygens (including phenoxy) is 1. The highest BCUT2D eigenvalue weighted by atomic mass is 16.5. The van der Waals surface area contributed by atoms with Crippen LogP contribution in [0.1, 0.15) is 0 Å². The van der Waals surface area contributed by atoms with Crippen LogP contribution in [0.3, 0.4) is 0 Å². The maximum Gasteiger partial charge on any atom is 0.316 e. The van der Waals surface area contributed by atoms with E-state index in [0.717, 1.165) is 0 Å². The highest BCUT2D eigenvalue weighted by Gasteiger charge is 2.24. The summed E-state index contributed by atoms with van der Waals surface area (Å²) >= 11 is 0. The second-order valence-corrected chi connectivity index (χ2v) is 3.19. The zero-order valence-electron chi connectivity index (χ0n) is 8.47. The van der Waals surface area contributed by atoms with Gasteiger partial charge in [-0.25, -0.2) is 5.10 Å². The maximum absolute atomic E-state index is 11.6. The van der Waals surface area contributed by atoms with Crippen molar-refractivity contribution in [2.75, 3.05) is 31.6 Å². The molecule has 2 N–H and O–H groups in total. The number of morpholine rings is 1.